The van der Waals surface area contributed by atoms with Gasteiger partial charge in [0.1, 0.15) is 0 Å². The van der Waals surface area contributed by atoms with E-state index in [9.17, 15) is 9.59 Å². The summed E-state index contributed by atoms with van der Waals surface area (Å²) in [5.74, 6) is 0.517. The first kappa shape index (κ1) is 20.3. The van der Waals surface area contributed by atoms with Crippen molar-refractivity contribution in [3.05, 3.63) is 59.7 Å². The van der Waals surface area contributed by atoms with Crippen molar-refractivity contribution in [1.82, 2.24) is 4.90 Å². The van der Waals surface area contributed by atoms with E-state index in [-0.39, 0.29) is 24.8 Å². The van der Waals surface area contributed by atoms with E-state index in [2.05, 4.69) is 0 Å². The molecule has 0 bridgehead atoms. The van der Waals surface area contributed by atoms with E-state index in [0.29, 0.717) is 30.2 Å². The summed E-state index contributed by atoms with van der Waals surface area (Å²) in [6.45, 7) is 2.74. The fourth-order valence-corrected chi connectivity index (χ4v) is 2.67. The van der Waals surface area contributed by atoms with Crippen molar-refractivity contribution >= 4 is 11.9 Å². The van der Waals surface area contributed by atoms with Gasteiger partial charge in [-0.2, -0.15) is 0 Å². The minimum atomic E-state index is -0.323. The van der Waals surface area contributed by atoms with Gasteiger partial charge in [0.2, 0.25) is 0 Å². The van der Waals surface area contributed by atoms with Crippen molar-refractivity contribution in [1.29, 1.82) is 0 Å². The highest BCUT2D eigenvalue weighted by Gasteiger charge is 2.19. The zero-order chi connectivity index (χ0) is 19.6. The Morgan fingerprint density at radius 3 is 2.30 bits per heavy atom. The van der Waals surface area contributed by atoms with E-state index in [4.69, 9.17) is 14.2 Å². The second kappa shape index (κ2) is 10.2. The third-order valence-electron chi connectivity index (χ3n) is 4.03. The number of hydrogen-bond donors (Lipinski definition) is 0. The smallest absolute Gasteiger partial charge is 0.307 e. The molecule has 1 amide bonds. The molecule has 0 N–H and O–H groups in total. The summed E-state index contributed by atoms with van der Waals surface area (Å²) in [5.41, 5.74) is 1.45. The van der Waals surface area contributed by atoms with Crippen molar-refractivity contribution in [3.63, 3.8) is 0 Å². The number of benzene rings is 2. The van der Waals surface area contributed by atoms with Crippen LogP contribution in [0.4, 0.5) is 0 Å². The maximum Gasteiger partial charge on any atom is 0.307 e. The molecule has 0 atom stereocenters. The van der Waals surface area contributed by atoms with Gasteiger partial charge in [0.05, 0.1) is 27.2 Å². The summed E-state index contributed by atoms with van der Waals surface area (Å²) < 4.78 is 15.5. The number of esters is 1. The summed E-state index contributed by atoms with van der Waals surface area (Å²) in [7, 11) is 3.06. The molecular weight excluding hydrogens is 346 g/mol. The van der Waals surface area contributed by atoms with Crippen LogP contribution in [0.15, 0.2) is 48.5 Å². The SMILES string of the molecule is CCOC(=O)CCN(Cc1ccccc1)C(=O)c1ccc(OC)c(OC)c1. The highest BCUT2D eigenvalue weighted by Crippen LogP contribution is 2.28. The van der Waals surface area contributed by atoms with E-state index in [1.165, 1.54) is 7.11 Å². The molecule has 2 aromatic rings. The first-order valence-corrected chi connectivity index (χ1v) is 8.79. The molecule has 0 unspecified atom stereocenters. The lowest BCUT2D eigenvalue weighted by Gasteiger charge is -2.23. The van der Waals surface area contributed by atoms with E-state index in [0.717, 1.165) is 5.56 Å². The Hall–Kier alpha value is -3.02. The average Bonchev–Trinajstić information content (AvgIpc) is 2.71. The Bertz CT molecular complexity index is 760. The molecule has 0 aliphatic heterocycles. The third kappa shape index (κ3) is 5.74. The molecule has 0 heterocycles. The number of methoxy groups -OCH3 is 2. The van der Waals surface area contributed by atoms with Crippen molar-refractivity contribution < 1.29 is 23.8 Å². The van der Waals surface area contributed by atoms with E-state index >= 15 is 0 Å². The van der Waals surface area contributed by atoms with Crippen molar-refractivity contribution in [2.24, 2.45) is 0 Å². The van der Waals surface area contributed by atoms with Crippen LogP contribution in [0.1, 0.15) is 29.3 Å². The summed E-state index contributed by atoms with van der Waals surface area (Å²) in [5, 5.41) is 0. The summed E-state index contributed by atoms with van der Waals surface area (Å²) in [4.78, 5) is 26.4. The van der Waals surface area contributed by atoms with Crippen LogP contribution in [0.3, 0.4) is 0 Å². The Labute approximate surface area is 159 Å². The van der Waals surface area contributed by atoms with Gasteiger partial charge in [0.15, 0.2) is 11.5 Å². The first-order valence-electron chi connectivity index (χ1n) is 8.79. The molecule has 0 aromatic heterocycles. The normalized spacial score (nSPS) is 10.2. The lowest BCUT2D eigenvalue weighted by atomic mass is 10.1. The Kier molecular flexibility index (Phi) is 7.67. The van der Waals surface area contributed by atoms with Crippen LogP contribution in [-0.2, 0) is 16.1 Å². The second-order valence-electron chi connectivity index (χ2n) is 5.84. The second-order valence-corrected chi connectivity index (χ2v) is 5.84. The summed E-state index contributed by atoms with van der Waals surface area (Å²) >= 11 is 0. The minimum absolute atomic E-state index is 0.139. The largest absolute Gasteiger partial charge is 0.493 e. The van der Waals surface area contributed by atoms with Crippen molar-refractivity contribution in [2.75, 3.05) is 27.4 Å². The molecule has 6 nitrogen and oxygen atoms in total. The van der Waals surface area contributed by atoms with E-state index in [1.807, 2.05) is 30.3 Å². The van der Waals surface area contributed by atoms with Gasteiger partial charge in [-0.1, -0.05) is 30.3 Å². The molecule has 0 fully saturated rings. The molecule has 6 heteroatoms. The summed E-state index contributed by atoms with van der Waals surface area (Å²) in [6.07, 6.45) is 0.139. The zero-order valence-corrected chi connectivity index (χ0v) is 15.9. The number of carbonyl (C=O) groups excluding carboxylic acids is 2. The van der Waals surface area contributed by atoms with Gasteiger partial charge in [-0.3, -0.25) is 9.59 Å². The quantitative estimate of drug-likeness (QED) is 0.633. The number of nitrogens with zero attached hydrogens (tertiary/aromatic N) is 1. The predicted molar refractivity (Wildman–Crippen MR) is 102 cm³/mol. The molecule has 27 heavy (non-hydrogen) atoms. The van der Waals surface area contributed by atoms with Gasteiger partial charge in [-0.15, -0.1) is 0 Å². The van der Waals surface area contributed by atoms with Gasteiger partial charge in [0, 0.05) is 18.7 Å². The Balaban J connectivity index is 2.22. The van der Waals surface area contributed by atoms with Gasteiger partial charge in [-0.25, -0.2) is 0 Å². The van der Waals surface area contributed by atoms with Gasteiger partial charge in [-0.05, 0) is 30.7 Å². The van der Waals surface area contributed by atoms with Crippen LogP contribution in [-0.4, -0.2) is 44.1 Å². The first-order chi connectivity index (χ1) is 13.1. The van der Waals surface area contributed by atoms with Gasteiger partial charge in [0.25, 0.3) is 5.91 Å². The third-order valence-corrected chi connectivity index (χ3v) is 4.03. The standard InChI is InChI=1S/C21H25NO5/c1-4-27-20(23)12-13-22(15-16-8-6-5-7-9-16)21(24)17-10-11-18(25-2)19(14-17)26-3/h5-11,14H,4,12-13,15H2,1-3H3. The molecule has 0 saturated carbocycles. The lowest BCUT2D eigenvalue weighted by Crippen LogP contribution is -2.33. The monoisotopic (exact) mass is 371 g/mol. The number of hydrogen-bond acceptors (Lipinski definition) is 5. The molecule has 0 spiro atoms. The van der Waals surface area contributed by atoms with Crippen molar-refractivity contribution in [3.8, 4) is 11.5 Å². The van der Waals surface area contributed by atoms with Crippen LogP contribution in [0, 0.1) is 0 Å². The topological polar surface area (TPSA) is 65.1 Å². The zero-order valence-electron chi connectivity index (χ0n) is 15.9. The van der Waals surface area contributed by atoms with Crippen molar-refractivity contribution in [2.45, 2.75) is 19.9 Å². The Morgan fingerprint density at radius 1 is 0.963 bits per heavy atom. The fraction of sp³-hybridized carbons (Fsp3) is 0.333. The van der Waals surface area contributed by atoms with Gasteiger partial charge < -0.3 is 19.1 Å². The number of ether oxygens (including phenoxy) is 3. The number of rotatable bonds is 9. The molecule has 0 saturated heterocycles. The predicted octanol–water partition coefficient (Wildman–Crippen LogP) is 3.30. The van der Waals surface area contributed by atoms with Crippen LogP contribution in [0.5, 0.6) is 11.5 Å². The van der Waals surface area contributed by atoms with Crippen LogP contribution in [0.25, 0.3) is 0 Å². The fourth-order valence-electron chi connectivity index (χ4n) is 2.67. The van der Waals surface area contributed by atoms with Crippen LogP contribution < -0.4 is 9.47 Å². The molecule has 2 rings (SSSR count). The molecule has 0 radical (unpaired) electrons. The highest BCUT2D eigenvalue weighted by atomic mass is 16.5. The number of amides is 1. The van der Waals surface area contributed by atoms with E-state index in [1.54, 1.807) is 37.1 Å². The molecule has 0 aliphatic rings. The molecule has 2 aromatic carbocycles. The molecular formula is C21H25NO5. The lowest BCUT2D eigenvalue weighted by molar-refractivity contribution is -0.143. The average molecular weight is 371 g/mol. The maximum absolute atomic E-state index is 13.1. The van der Waals surface area contributed by atoms with E-state index < -0.39 is 0 Å². The van der Waals surface area contributed by atoms with Crippen LogP contribution >= 0.6 is 0 Å². The number of carbonyl (C=O) groups is 2. The molecule has 144 valence electrons. The molecule has 0 aliphatic carbocycles. The van der Waals surface area contributed by atoms with Gasteiger partial charge >= 0.3 is 5.97 Å². The highest BCUT2D eigenvalue weighted by molar-refractivity contribution is 5.95. The minimum Gasteiger partial charge on any atom is -0.493 e. The summed E-state index contributed by atoms with van der Waals surface area (Å²) in [6, 6.07) is 14.7. The maximum atomic E-state index is 13.1. The Morgan fingerprint density at radius 2 is 1.67 bits per heavy atom. The van der Waals surface area contributed by atoms with Crippen LogP contribution in [0.2, 0.25) is 0 Å².